The molecule has 2 aliphatic rings. The van der Waals surface area contributed by atoms with Gasteiger partial charge in [-0.05, 0) is 66.1 Å². The van der Waals surface area contributed by atoms with Crippen LogP contribution in [0.4, 0.5) is 0 Å². The summed E-state index contributed by atoms with van der Waals surface area (Å²) in [6.07, 6.45) is 2.52. The predicted octanol–water partition coefficient (Wildman–Crippen LogP) is 2.63. The molecule has 1 aliphatic carbocycles. The van der Waals surface area contributed by atoms with Crippen molar-refractivity contribution in [1.29, 1.82) is 0 Å². The zero-order chi connectivity index (χ0) is 16.1. The fourth-order valence-corrected chi connectivity index (χ4v) is 5.15. The third kappa shape index (κ3) is 2.23. The van der Waals surface area contributed by atoms with Crippen molar-refractivity contribution in [3.63, 3.8) is 0 Å². The Morgan fingerprint density at radius 2 is 1.83 bits per heavy atom. The van der Waals surface area contributed by atoms with Crippen LogP contribution in [0.2, 0.25) is 0 Å². The summed E-state index contributed by atoms with van der Waals surface area (Å²) in [5.74, 6) is -1.02. The van der Waals surface area contributed by atoms with E-state index >= 15 is 0 Å². The summed E-state index contributed by atoms with van der Waals surface area (Å²) in [5, 5.41) is 19.4. The minimum Gasteiger partial charge on any atom is -0.478 e. The molecule has 0 fully saturated rings. The Morgan fingerprint density at radius 3 is 2.61 bits per heavy atom. The van der Waals surface area contributed by atoms with E-state index in [2.05, 4.69) is 0 Å². The molecular weight excluding hydrogens is 312 g/mol. The first-order valence-corrected chi connectivity index (χ1v) is 8.82. The van der Waals surface area contributed by atoms with Crippen LogP contribution in [0.1, 0.15) is 45.1 Å². The standard InChI is InChI=1S/C18H16O4S/c19-14-7-4-11-5-8-15-13(17(11)14)6-3-10-1-2-12(18(20)21)9-16(10)23(15)22/h1-2,5,8-9,14,19H,3-4,6-7H2,(H,20,21)/t14-,23?/m1/s1. The van der Waals surface area contributed by atoms with E-state index in [0.717, 1.165) is 35.1 Å². The zero-order valence-corrected chi connectivity index (χ0v) is 13.2. The summed E-state index contributed by atoms with van der Waals surface area (Å²) in [4.78, 5) is 12.5. The molecule has 1 unspecified atom stereocenters. The van der Waals surface area contributed by atoms with Crippen molar-refractivity contribution in [2.75, 3.05) is 0 Å². The van der Waals surface area contributed by atoms with Gasteiger partial charge in [-0.25, -0.2) is 9.00 Å². The van der Waals surface area contributed by atoms with E-state index in [9.17, 15) is 14.1 Å². The molecule has 2 atom stereocenters. The van der Waals surface area contributed by atoms with Crippen LogP contribution in [0.3, 0.4) is 0 Å². The number of carboxylic acids is 1. The van der Waals surface area contributed by atoms with Crippen molar-refractivity contribution in [3.05, 3.63) is 58.1 Å². The molecule has 0 saturated heterocycles. The number of carboxylic acid groups (broad SMARTS) is 1. The molecule has 2 N–H and O–H groups in total. The lowest BCUT2D eigenvalue weighted by Gasteiger charge is -2.14. The van der Waals surface area contributed by atoms with E-state index in [0.29, 0.717) is 22.6 Å². The Labute approximate surface area is 136 Å². The second kappa shape index (κ2) is 5.28. The summed E-state index contributed by atoms with van der Waals surface area (Å²) in [6.45, 7) is 0. The van der Waals surface area contributed by atoms with E-state index in [4.69, 9.17) is 5.11 Å². The van der Waals surface area contributed by atoms with Gasteiger partial charge in [0.15, 0.2) is 0 Å². The lowest BCUT2D eigenvalue weighted by Crippen LogP contribution is -2.04. The molecule has 5 heteroatoms. The minimum absolute atomic E-state index is 0.154. The Kier molecular flexibility index (Phi) is 3.36. The summed E-state index contributed by atoms with van der Waals surface area (Å²) in [7, 11) is -1.42. The minimum atomic E-state index is -1.42. The van der Waals surface area contributed by atoms with E-state index < -0.39 is 22.9 Å². The molecule has 23 heavy (non-hydrogen) atoms. The van der Waals surface area contributed by atoms with Crippen LogP contribution in [0.5, 0.6) is 0 Å². The molecule has 2 aromatic rings. The van der Waals surface area contributed by atoms with Crippen LogP contribution in [0.25, 0.3) is 0 Å². The van der Waals surface area contributed by atoms with Gasteiger partial charge in [-0.2, -0.15) is 0 Å². The first-order valence-electron chi connectivity index (χ1n) is 7.67. The van der Waals surface area contributed by atoms with Gasteiger partial charge in [0.25, 0.3) is 0 Å². The molecule has 0 spiro atoms. The number of rotatable bonds is 1. The lowest BCUT2D eigenvalue weighted by molar-refractivity contribution is 0.0696. The van der Waals surface area contributed by atoms with Crippen molar-refractivity contribution < 1.29 is 19.2 Å². The lowest BCUT2D eigenvalue weighted by atomic mass is 9.96. The number of carbonyl (C=O) groups is 1. The Hall–Kier alpha value is -1.98. The number of aliphatic hydroxyl groups excluding tert-OH is 1. The highest BCUT2D eigenvalue weighted by Crippen LogP contribution is 2.40. The molecule has 2 aromatic carbocycles. The molecule has 0 aromatic heterocycles. The van der Waals surface area contributed by atoms with Crippen LogP contribution < -0.4 is 0 Å². The normalized spacial score (nSPS) is 22.0. The topological polar surface area (TPSA) is 74.6 Å². The van der Waals surface area contributed by atoms with Crippen LogP contribution in [-0.4, -0.2) is 20.4 Å². The maximum Gasteiger partial charge on any atom is 0.335 e. The first kappa shape index (κ1) is 14.6. The van der Waals surface area contributed by atoms with Crippen molar-refractivity contribution in [1.82, 2.24) is 0 Å². The second-order valence-corrected chi connectivity index (χ2v) is 7.48. The smallest absolute Gasteiger partial charge is 0.335 e. The molecule has 4 nitrogen and oxygen atoms in total. The van der Waals surface area contributed by atoms with Crippen LogP contribution in [0, 0.1) is 0 Å². The van der Waals surface area contributed by atoms with Gasteiger partial charge in [-0.3, -0.25) is 0 Å². The molecular formula is C18H16O4S. The number of hydrogen-bond donors (Lipinski definition) is 2. The number of hydrogen-bond acceptors (Lipinski definition) is 3. The molecule has 4 rings (SSSR count). The fraction of sp³-hybridized carbons (Fsp3) is 0.278. The number of fused-ring (bicyclic) bond motifs is 4. The van der Waals surface area contributed by atoms with Crippen molar-refractivity contribution in [2.45, 2.75) is 41.6 Å². The molecule has 118 valence electrons. The molecule has 0 bridgehead atoms. The predicted molar refractivity (Wildman–Crippen MR) is 85.2 cm³/mol. The van der Waals surface area contributed by atoms with Gasteiger partial charge in [0.2, 0.25) is 0 Å². The Bertz CT molecular complexity index is 856. The third-order valence-corrected chi connectivity index (χ3v) is 6.34. The van der Waals surface area contributed by atoms with E-state index in [-0.39, 0.29) is 5.56 Å². The van der Waals surface area contributed by atoms with E-state index in [1.54, 1.807) is 12.1 Å². The number of benzene rings is 2. The largest absolute Gasteiger partial charge is 0.478 e. The van der Waals surface area contributed by atoms with Crippen molar-refractivity contribution in [3.8, 4) is 0 Å². The van der Waals surface area contributed by atoms with Gasteiger partial charge in [-0.15, -0.1) is 0 Å². The number of aliphatic hydroxyl groups is 1. The zero-order valence-electron chi connectivity index (χ0n) is 12.4. The number of aryl methyl sites for hydroxylation is 2. The quantitative estimate of drug-likeness (QED) is 0.844. The van der Waals surface area contributed by atoms with Gasteiger partial charge >= 0.3 is 5.97 Å². The molecule has 0 saturated carbocycles. The maximum absolute atomic E-state index is 13.0. The number of aromatic carboxylic acids is 1. The fourth-order valence-electron chi connectivity index (χ4n) is 3.64. The highest BCUT2D eigenvalue weighted by molar-refractivity contribution is 7.85. The van der Waals surface area contributed by atoms with Gasteiger partial charge in [-0.1, -0.05) is 12.1 Å². The average Bonchev–Trinajstić information content (AvgIpc) is 2.86. The summed E-state index contributed by atoms with van der Waals surface area (Å²) < 4.78 is 13.0. The van der Waals surface area contributed by atoms with E-state index in [1.165, 1.54) is 6.07 Å². The molecule has 0 amide bonds. The monoisotopic (exact) mass is 328 g/mol. The highest BCUT2D eigenvalue weighted by atomic mass is 32.2. The second-order valence-electron chi connectivity index (χ2n) is 6.07. The van der Waals surface area contributed by atoms with Crippen LogP contribution in [-0.2, 0) is 30.1 Å². The highest BCUT2D eigenvalue weighted by Gasteiger charge is 2.29. The van der Waals surface area contributed by atoms with Gasteiger partial charge in [0, 0.05) is 9.79 Å². The van der Waals surface area contributed by atoms with Gasteiger partial charge < -0.3 is 10.2 Å². The maximum atomic E-state index is 13.0. The summed E-state index contributed by atoms with van der Waals surface area (Å²) >= 11 is 0. The molecule has 1 aliphatic heterocycles. The van der Waals surface area contributed by atoms with Crippen LogP contribution in [0.15, 0.2) is 40.1 Å². The summed E-state index contributed by atoms with van der Waals surface area (Å²) in [5.41, 5.74) is 4.15. The average molecular weight is 328 g/mol. The van der Waals surface area contributed by atoms with E-state index in [1.807, 2.05) is 12.1 Å². The summed E-state index contributed by atoms with van der Waals surface area (Å²) in [6, 6.07) is 8.68. The third-order valence-electron chi connectivity index (χ3n) is 4.78. The molecule has 1 heterocycles. The SMILES string of the molecule is O=C(O)c1ccc2c(c1)S(=O)c1ccc3c(c1CC2)[C@H](O)CC3. The van der Waals surface area contributed by atoms with Gasteiger partial charge in [0.05, 0.1) is 22.5 Å². The molecule has 0 radical (unpaired) electrons. The Morgan fingerprint density at radius 1 is 1.04 bits per heavy atom. The first-order chi connectivity index (χ1) is 11.1. The van der Waals surface area contributed by atoms with Crippen molar-refractivity contribution >= 4 is 16.8 Å². The Balaban J connectivity index is 1.90. The van der Waals surface area contributed by atoms with Crippen molar-refractivity contribution in [2.24, 2.45) is 0 Å². The van der Waals surface area contributed by atoms with Crippen LogP contribution >= 0.6 is 0 Å². The van der Waals surface area contributed by atoms with Gasteiger partial charge in [0.1, 0.15) is 0 Å².